The minimum Gasteiger partial charge on any atom is -0.497 e. The van der Waals surface area contributed by atoms with Crippen LogP contribution in [0.5, 0.6) is 5.75 Å². The van der Waals surface area contributed by atoms with Crippen LogP contribution in [0.3, 0.4) is 0 Å². The van der Waals surface area contributed by atoms with Crippen molar-refractivity contribution >= 4 is 43.6 Å². The first kappa shape index (κ1) is 20.1. The summed E-state index contributed by atoms with van der Waals surface area (Å²) in [5, 5.41) is 8.77. The lowest BCUT2D eigenvalue weighted by molar-refractivity contribution is 0.102. The second-order valence-corrected chi connectivity index (χ2v) is 8.62. The molecule has 0 atom stereocenters. The van der Waals surface area contributed by atoms with Crippen LogP contribution in [-0.2, 0) is 7.05 Å². The molecule has 32 heavy (non-hydrogen) atoms. The van der Waals surface area contributed by atoms with E-state index in [9.17, 15) is 4.79 Å². The maximum Gasteiger partial charge on any atom is 0.258 e. The minimum atomic E-state index is -0.241. The summed E-state index contributed by atoms with van der Waals surface area (Å²) in [6.07, 6.45) is 0. The molecule has 1 N–H and O–H groups in total. The number of aromatic nitrogens is 4. The normalized spacial score (nSPS) is 11.2. The maximum absolute atomic E-state index is 13.4. The van der Waals surface area contributed by atoms with Crippen LogP contribution in [0.4, 0.5) is 5.13 Å². The predicted molar refractivity (Wildman–Crippen MR) is 128 cm³/mol. The van der Waals surface area contributed by atoms with Gasteiger partial charge in [0.15, 0.2) is 10.8 Å². The van der Waals surface area contributed by atoms with Crippen molar-refractivity contribution in [2.24, 2.45) is 7.05 Å². The number of anilines is 1. The molecule has 0 bridgehead atoms. The number of nitrogens with one attached hydrogen (secondary N) is 1. The number of pyridine rings is 1. The van der Waals surface area contributed by atoms with Crippen LogP contribution >= 0.6 is 11.3 Å². The Bertz CT molecular complexity index is 1500. The lowest BCUT2D eigenvalue weighted by atomic mass is 10.0. The predicted octanol–water partition coefficient (Wildman–Crippen LogP) is 5.12. The van der Waals surface area contributed by atoms with E-state index < -0.39 is 0 Å². The van der Waals surface area contributed by atoms with Gasteiger partial charge in [-0.25, -0.2) is 9.97 Å². The van der Waals surface area contributed by atoms with Crippen LogP contribution in [0.2, 0.25) is 0 Å². The van der Waals surface area contributed by atoms with Gasteiger partial charge in [0, 0.05) is 12.6 Å². The quantitative estimate of drug-likeness (QED) is 0.417. The summed E-state index contributed by atoms with van der Waals surface area (Å²) in [5.41, 5.74) is 5.41. The van der Waals surface area contributed by atoms with Gasteiger partial charge < -0.3 is 4.74 Å². The molecule has 5 rings (SSSR count). The van der Waals surface area contributed by atoms with E-state index in [1.165, 1.54) is 11.3 Å². The van der Waals surface area contributed by atoms with Crippen molar-refractivity contribution in [2.75, 3.05) is 12.4 Å². The lowest BCUT2D eigenvalue weighted by Crippen LogP contribution is -2.13. The highest BCUT2D eigenvalue weighted by atomic mass is 32.1. The van der Waals surface area contributed by atoms with Crippen LogP contribution < -0.4 is 10.1 Å². The van der Waals surface area contributed by atoms with Crippen molar-refractivity contribution in [1.29, 1.82) is 0 Å². The zero-order chi connectivity index (χ0) is 22.4. The van der Waals surface area contributed by atoms with Gasteiger partial charge in [-0.1, -0.05) is 35.6 Å². The monoisotopic (exact) mass is 443 g/mol. The number of methoxy groups -OCH3 is 1. The van der Waals surface area contributed by atoms with Crippen LogP contribution in [0, 0.1) is 13.8 Å². The van der Waals surface area contributed by atoms with Crippen molar-refractivity contribution in [1.82, 2.24) is 19.7 Å². The summed E-state index contributed by atoms with van der Waals surface area (Å²) in [7, 11) is 3.45. The third kappa shape index (κ3) is 3.38. The van der Waals surface area contributed by atoms with E-state index in [0.29, 0.717) is 22.0 Å². The van der Waals surface area contributed by atoms with Gasteiger partial charge >= 0.3 is 0 Å². The number of fused-ring (bicyclic) bond motifs is 2. The topological polar surface area (TPSA) is 81.9 Å². The van der Waals surface area contributed by atoms with Crippen LogP contribution in [0.1, 0.15) is 21.6 Å². The molecule has 3 heterocycles. The summed E-state index contributed by atoms with van der Waals surface area (Å²) in [6, 6.07) is 15.4. The Kier molecular flexibility index (Phi) is 4.86. The second-order valence-electron chi connectivity index (χ2n) is 7.59. The van der Waals surface area contributed by atoms with E-state index in [0.717, 1.165) is 38.2 Å². The molecule has 7 nitrogen and oxygen atoms in total. The van der Waals surface area contributed by atoms with Gasteiger partial charge in [-0.05, 0) is 43.7 Å². The van der Waals surface area contributed by atoms with Gasteiger partial charge in [-0.3, -0.25) is 14.8 Å². The van der Waals surface area contributed by atoms with Gasteiger partial charge in [0.25, 0.3) is 5.91 Å². The highest BCUT2D eigenvalue weighted by Crippen LogP contribution is 2.31. The molecule has 160 valence electrons. The summed E-state index contributed by atoms with van der Waals surface area (Å²) in [4.78, 5) is 22.8. The number of ether oxygens (including phenoxy) is 1. The highest BCUT2D eigenvalue weighted by molar-refractivity contribution is 7.22. The summed E-state index contributed by atoms with van der Waals surface area (Å²) in [6.45, 7) is 3.90. The summed E-state index contributed by atoms with van der Waals surface area (Å²) in [5.74, 6) is 0.482. The second kappa shape index (κ2) is 7.72. The number of benzene rings is 2. The number of thiazole rings is 1. The minimum absolute atomic E-state index is 0.241. The van der Waals surface area contributed by atoms with E-state index in [2.05, 4.69) is 15.4 Å². The van der Waals surface area contributed by atoms with Gasteiger partial charge in [0.2, 0.25) is 0 Å². The fourth-order valence-corrected chi connectivity index (χ4v) is 4.80. The van der Waals surface area contributed by atoms with E-state index >= 15 is 0 Å². The van der Waals surface area contributed by atoms with Crippen LogP contribution in [0.15, 0.2) is 48.5 Å². The Morgan fingerprint density at radius 1 is 1.09 bits per heavy atom. The number of carbonyl (C=O) groups is 1. The Hall–Kier alpha value is -3.78. The van der Waals surface area contributed by atoms with Crippen molar-refractivity contribution in [2.45, 2.75) is 13.8 Å². The van der Waals surface area contributed by atoms with Crippen molar-refractivity contribution in [3.8, 4) is 17.0 Å². The van der Waals surface area contributed by atoms with Gasteiger partial charge in [0.1, 0.15) is 5.75 Å². The van der Waals surface area contributed by atoms with Crippen molar-refractivity contribution < 1.29 is 9.53 Å². The molecule has 0 fully saturated rings. The van der Waals surface area contributed by atoms with Gasteiger partial charge in [-0.2, -0.15) is 5.10 Å². The first-order valence-electron chi connectivity index (χ1n) is 10.1. The fraction of sp³-hybridized carbons (Fsp3) is 0.167. The zero-order valence-corrected chi connectivity index (χ0v) is 18.9. The van der Waals surface area contributed by atoms with Crippen LogP contribution in [0.25, 0.3) is 32.5 Å². The Morgan fingerprint density at radius 3 is 2.69 bits per heavy atom. The summed E-state index contributed by atoms with van der Waals surface area (Å²) < 4.78 is 8.09. The highest BCUT2D eigenvalue weighted by Gasteiger charge is 2.20. The molecule has 0 aliphatic rings. The number of hydrogen-bond donors (Lipinski definition) is 1. The molecule has 2 aromatic carbocycles. The summed E-state index contributed by atoms with van der Waals surface area (Å²) >= 11 is 1.46. The standard InChI is InChI=1S/C24H21N5O2S/c1-13-7-5-10-19-21(13)26-24(32-19)27-23(30)17-12-18(15-8-6-9-16(11-15)31-4)25-22-20(17)14(2)28-29(22)3/h5-12H,1-4H3,(H,26,27,30). The van der Waals surface area contributed by atoms with Crippen molar-refractivity contribution in [3.05, 3.63) is 65.4 Å². The molecule has 0 aliphatic carbocycles. The Balaban J connectivity index is 1.62. The van der Waals surface area contributed by atoms with Crippen LogP contribution in [-0.4, -0.2) is 32.8 Å². The fourth-order valence-electron chi connectivity index (χ4n) is 3.86. The van der Waals surface area contributed by atoms with E-state index in [1.54, 1.807) is 17.9 Å². The molecule has 3 aromatic heterocycles. The van der Waals surface area contributed by atoms with E-state index in [-0.39, 0.29) is 5.91 Å². The first-order chi connectivity index (χ1) is 15.4. The molecule has 0 saturated carbocycles. The molecule has 8 heteroatoms. The molecule has 0 saturated heterocycles. The molecule has 0 aliphatic heterocycles. The lowest BCUT2D eigenvalue weighted by Gasteiger charge is -2.09. The zero-order valence-electron chi connectivity index (χ0n) is 18.1. The number of amides is 1. The van der Waals surface area contributed by atoms with Gasteiger partial charge in [0.05, 0.1) is 39.7 Å². The van der Waals surface area contributed by atoms with E-state index in [4.69, 9.17) is 9.72 Å². The maximum atomic E-state index is 13.4. The average Bonchev–Trinajstić information content (AvgIpc) is 3.34. The third-order valence-electron chi connectivity index (χ3n) is 5.42. The third-order valence-corrected chi connectivity index (χ3v) is 6.36. The Morgan fingerprint density at radius 2 is 1.91 bits per heavy atom. The largest absolute Gasteiger partial charge is 0.497 e. The molecule has 1 amide bonds. The average molecular weight is 444 g/mol. The SMILES string of the molecule is COc1cccc(-c2cc(C(=O)Nc3nc4c(C)cccc4s3)c3c(C)nn(C)c3n2)c1. The smallest absolute Gasteiger partial charge is 0.258 e. The molecular formula is C24H21N5O2S. The number of aryl methyl sites for hydroxylation is 3. The molecule has 0 radical (unpaired) electrons. The first-order valence-corrected chi connectivity index (χ1v) is 10.9. The number of hydrogen-bond acceptors (Lipinski definition) is 6. The van der Waals surface area contributed by atoms with Gasteiger partial charge in [-0.15, -0.1) is 0 Å². The molecule has 0 unspecified atom stereocenters. The number of carbonyl (C=O) groups excluding carboxylic acids is 1. The molecule has 5 aromatic rings. The number of nitrogens with zero attached hydrogens (tertiary/aromatic N) is 4. The Labute approximate surface area is 188 Å². The molecule has 0 spiro atoms. The number of para-hydroxylation sites is 1. The van der Waals surface area contributed by atoms with Crippen molar-refractivity contribution in [3.63, 3.8) is 0 Å². The number of rotatable bonds is 4. The van der Waals surface area contributed by atoms with E-state index in [1.807, 2.05) is 63.4 Å². The molecular weight excluding hydrogens is 422 g/mol.